The Hall–Kier alpha value is -1.62. The van der Waals surface area contributed by atoms with Crippen molar-refractivity contribution in [2.75, 3.05) is 18.5 Å². The van der Waals surface area contributed by atoms with Crippen LogP contribution in [0.1, 0.15) is 25.7 Å². The molecule has 1 aromatic rings. The Morgan fingerprint density at radius 3 is 2.72 bits per heavy atom. The van der Waals surface area contributed by atoms with E-state index < -0.39 is 10.5 Å². The number of anilines is 1. The summed E-state index contributed by atoms with van der Waals surface area (Å²) in [6, 6.07) is 6.51. The van der Waals surface area contributed by atoms with Gasteiger partial charge in [-0.15, -0.1) is 0 Å². The molecule has 0 aliphatic heterocycles. The minimum Gasteiger partial charge on any atom is -0.388 e. The van der Waals surface area contributed by atoms with Crippen LogP contribution in [0, 0.1) is 10.1 Å². The molecule has 0 aromatic heterocycles. The molecule has 0 radical (unpaired) electrons. The zero-order chi connectivity index (χ0) is 13.2. The molecular formula is C13H18N2O3. The second kappa shape index (κ2) is 4.94. The zero-order valence-corrected chi connectivity index (χ0v) is 10.5. The molecule has 1 aliphatic rings. The Kier molecular flexibility index (Phi) is 3.52. The van der Waals surface area contributed by atoms with Crippen LogP contribution in [0.4, 0.5) is 11.4 Å². The van der Waals surface area contributed by atoms with Crippen LogP contribution in [-0.4, -0.2) is 29.2 Å². The number of rotatable bonds is 4. The third kappa shape index (κ3) is 2.79. The predicted molar refractivity (Wildman–Crippen MR) is 69.8 cm³/mol. The fourth-order valence-corrected chi connectivity index (χ4v) is 2.57. The van der Waals surface area contributed by atoms with Crippen LogP contribution >= 0.6 is 0 Å². The molecule has 0 amide bonds. The van der Waals surface area contributed by atoms with Gasteiger partial charge >= 0.3 is 0 Å². The van der Waals surface area contributed by atoms with Crippen molar-refractivity contribution in [2.45, 2.75) is 31.3 Å². The fourth-order valence-electron chi connectivity index (χ4n) is 2.57. The summed E-state index contributed by atoms with van der Waals surface area (Å²) in [6.07, 6.45) is 3.73. The molecule has 1 aliphatic carbocycles. The molecule has 0 saturated heterocycles. The van der Waals surface area contributed by atoms with Gasteiger partial charge in [-0.05, 0) is 18.9 Å². The number of aliphatic hydroxyl groups is 1. The summed E-state index contributed by atoms with van der Waals surface area (Å²) in [5.41, 5.74) is 0.210. The van der Waals surface area contributed by atoms with E-state index in [1.54, 1.807) is 6.07 Å². The van der Waals surface area contributed by atoms with Crippen molar-refractivity contribution < 1.29 is 10.0 Å². The van der Waals surface area contributed by atoms with Crippen LogP contribution in [-0.2, 0) is 0 Å². The second-order valence-corrected chi connectivity index (χ2v) is 5.06. The summed E-state index contributed by atoms with van der Waals surface area (Å²) >= 11 is 0. The summed E-state index contributed by atoms with van der Waals surface area (Å²) in [5, 5.41) is 21.0. The van der Waals surface area contributed by atoms with Gasteiger partial charge in [-0.2, -0.15) is 0 Å². The van der Waals surface area contributed by atoms with Crippen molar-refractivity contribution in [3.8, 4) is 0 Å². The highest BCUT2D eigenvalue weighted by molar-refractivity contribution is 5.52. The van der Waals surface area contributed by atoms with Gasteiger partial charge in [0, 0.05) is 31.4 Å². The van der Waals surface area contributed by atoms with Crippen molar-refractivity contribution in [2.24, 2.45) is 0 Å². The lowest BCUT2D eigenvalue weighted by atomic mass is 10.0. The summed E-state index contributed by atoms with van der Waals surface area (Å²) in [7, 11) is 1.86. The number of nitro groups is 1. The van der Waals surface area contributed by atoms with E-state index in [9.17, 15) is 15.2 Å². The van der Waals surface area contributed by atoms with Gasteiger partial charge < -0.3 is 10.0 Å². The largest absolute Gasteiger partial charge is 0.388 e. The molecular weight excluding hydrogens is 232 g/mol. The Morgan fingerprint density at radius 1 is 1.44 bits per heavy atom. The molecule has 0 spiro atoms. The highest BCUT2D eigenvalue weighted by Gasteiger charge is 2.32. The lowest BCUT2D eigenvalue weighted by molar-refractivity contribution is -0.384. The van der Waals surface area contributed by atoms with Crippen LogP contribution in [0.25, 0.3) is 0 Å². The summed E-state index contributed by atoms with van der Waals surface area (Å²) in [6.45, 7) is 0.522. The number of benzene rings is 1. The minimum atomic E-state index is -0.640. The average Bonchev–Trinajstić information content (AvgIpc) is 2.76. The fraction of sp³-hybridized carbons (Fsp3) is 0.538. The first-order valence-electron chi connectivity index (χ1n) is 6.18. The lowest BCUT2D eigenvalue weighted by Crippen LogP contribution is -2.39. The molecule has 0 heterocycles. The van der Waals surface area contributed by atoms with Crippen molar-refractivity contribution in [3.05, 3.63) is 34.4 Å². The molecule has 18 heavy (non-hydrogen) atoms. The number of hydrogen-bond donors (Lipinski definition) is 1. The Bertz CT molecular complexity index is 442. The number of likely N-dealkylation sites (N-methyl/N-ethyl adjacent to an activating group) is 1. The van der Waals surface area contributed by atoms with E-state index in [1.165, 1.54) is 12.1 Å². The maximum atomic E-state index is 10.7. The highest BCUT2D eigenvalue weighted by Crippen LogP contribution is 2.31. The first-order chi connectivity index (χ1) is 8.50. The normalized spacial score (nSPS) is 17.7. The third-order valence-corrected chi connectivity index (χ3v) is 3.55. The van der Waals surface area contributed by atoms with Crippen molar-refractivity contribution in [1.82, 2.24) is 0 Å². The second-order valence-electron chi connectivity index (χ2n) is 5.06. The topological polar surface area (TPSA) is 66.6 Å². The van der Waals surface area contributed by atoms with Gasteiger partial charge in [0.15, 0.2) is 0 Å². The molecule has 2 rings (SSSR count). The van der Waals surface area contributed by atoms with Crippen molar-refractivity contribution in [1.29, 1.82) is 0 Å². The molecule has 1 saturated carbocycles. The lowest BCUT2D eigenvalue weighted by Gasteiger charge is -2.29. The first-order valence-corrected chi connectivity index (χ1v) is 6.18. The van der Waals surface area contributed by atoms with Crippen LogP contribution < -0.4 is 4.90 Å². The van der Waals surface area contributed by atoms with Gasteiger partial charge in [0.1, 0.15) is 0 Å². The minimum absolute atomic E-state index is 0.0813. The number of nitro benzene ring substituents is 1. The van der Waals surface area contributed by atoms with Crippen LogP contribution in [0.2, 0.25) is 0 Å². The summed E-state index contributed by atoms with van der Waals surface area (Å²) < 4.78 is 0. The maximum absolute atomic E-state index is 10.7. The van der Waals surface area contributed by atoms with Gasteiger partial charge in [0.25, 0.3) is 5.69 Å². The summed E-state index contributed by atoms with van der Waals surface area (Å²) in [4.78, 5) is 12.2. The molecule has 5 nitrogen and oxygen atoms in total. The van der Waals surface area contributed by atoms with Gasteiger partial charge in [0.05, 0.1) is 10.5 Å². The standard InChI is InChI=1S/C13H18N2O3/c1-14(10-13(16)7-2-3-8-13)11-5-4-6-12(9-11)15(17)18/h4-6,9,16H,2-3,7-8,10H2,1H3. The van der Waals surface area contributed by atoms with Gasteiger partial charge in [0.2, 0.25) is 0 Å². The van der Waals surface area contributed by atoms with Crippen molar-refractivity contribution in [3.63, 3.8) is 0 Å². The van der Waals surface area contributed by atoms with Crippen LogP contribution in [0.5, 0.6) is 0 Å². The van der Waals surface area contributed by atoms with E-state index in [-0.39, 0.29) is 5.69 Å². The predicted octanol–water partition coefficient (Wildman–Crippen LogP) is 2.34. The molecule has 1 N–H and O–H groups in total. The van der Waals surface area contributed by atoms with Gasteiger partial charge in [-0.25, -0.2) is 0 Å². The number of hydrogen-bond acceptors (Lipinski definition) is 4. The monoisotopic (exact) mass is 250 g/mol. The molecule has 0 atom stereocenters. The van der Waals surface area contributed by atoms with Crippen molar-refractivity contribution >= 4 is 11.4 Å². The molecule has 1 fully saturated rings. The van der Waals surface area contributed by atoms with Crippen LogP contribution in [0.3, 0.4) is 0 Å². The maximum Gasteiger partial charge on any atom is 0.271 e. The first kappa shape index (κ1) is 12.8. The van der Waals surface area contributed by atoms with E-state index in [4.69, 9.17) is 0 Å². The quantitative estimate of drug-likeness (QED) is 0.658. The van der Waals surface area contributed by atoms with E-state index in [0.717, 1.165) is 31.4 Å². The van der Waals surface area contributed by atoms with Crippen LogP contribution in [0.15, 0.2) is 24.3 Å². The highest BCUT2D eigenvalue weighted by atomic mass is 16.6. The van der Waals surface area contributed by atoms with E-state index in [0.29, 0.717) is 6.54 Å². The number of non-ortho nitro benzene ring substituents is 1. The molecule has 1 aromatic carbocycles. The molecule has 0 unspecified atom stereocenters. The molecule has 98 valence electrons. The van der Waals surface area contributed by atoms with Gasteiger partial charge in [-0.1, -0.05) is 18.9 Å². The Morgan fingerprint density at radius 2 is 2.11 bits per heavy atom. The zero-order valence-electron chi connectivity index (χ0n) is 10.5. The van der Waals surface area contributed by atoms with E-state index in [2.05, 4.69) is 0 Å². The third-order valence-electron chi connectivity index (χ3n) is 3.55. The van der Waals surface area contributed by atoms with Gasteiger partial charge in [-0.3, -0.25) is 10.1 Å². The van der Waals surface area contributed by atoms with E-state index >= 15 is 0 Å². The average molecular weight is 250 g/mol. The molecule has 0 bridgehead atoms. The molecule has 5 heteroatoms. The SMILES string of the molecule is CN(CC1(O)CCCC1)c1cccc([N+](=O)[O-])c1. The Labute approximate surface area is 106 Å². The summed E-state index contributed by atoms with van der Waals surface area (Å²) in [5.74, 6) is 0. The number of nitrogens with zero attached hydrogens (tertiary/aromatic N) is 2. The van der Waals surface area contributed by atoms with E-state index in [1.807, 2.05) is 18.0 Å². The Balaban J connectivity index is 2.10. The smallest absolute Gasteiger partial charge is 0.271 e.